The molecular formula is C18H27NO2. The number of hydrogen-bond donors (Lipinski definition) is 0. The first-order valence-corrected chi connectivity index (χ1v) is 8.49. The molecule has 116 valence electrons. The molecule has 3 nitrogen and oxygen atoms in total. The van der Waals surface area contributed by atoms with Crippen LogP contribution in [-0.2, 0) is 11.2 Å². The van der Waals surface area contributed by atoms with Crippen LogP contribution >= 0.6 is 0 Å². The summed E-state index contributed by atoms with van der Waals surface area (Å²) in [5.41, 5.74) is 0. The van der Waals surface area contributed by atoms with Gasteiger partial charge in [-0.2, -0.15) is 0 Å². The molecule has 1 heterocycles. The second kappa shape index (κ2) is 6.25. The summed E-state index contributed by atoms with van der Waals surface area (Å²) in [6, 6.07) is 4.61. The van der Waals surface area contributed by atoms with Crippen LogP contribution in [0.4, 0.5) is 0 Å². The van der Waals surface area contributed by atoms with Crippen LogP contribution in [0.5, 0.6) is 0 Å². The third-order valence-electron chi connectivity index (χ3n) is 5.26. The largest absolute Gasteiger partial charge is 0.466 e. The number of carbonyl (C=O) groups is 1. The number of aryl methyl sites for hydroxylation is 1. The van der Waals surface area contributed by atoms with E-state index < -0.39 is 0 Å². The first-order chi connectivity index (χ1) is 10.1. The van der Waals surface area contributed by atoms with Crippen LogP contribution in [0.25, 0.3) is 0 Å². The summed E-state index contributed by atoms with van der Waals surface area (Å²) in [6.07, 6.45) is 8.76. The fourth-order valence-electron chi connectivity index (χ4n) is 3.53. The van der Waals surface area contributed by atoms with Crippen LogP contribution in [0.2, 0.25) is 0 Å². The van der Waals surface area contributed by atoms with Gasteiger partial charge in [0.1, 0.15) is 11.5 Å². The van der Waals surface area contributed by atoms with Gasteiger partial charge in [-0.25, -0.2) is 0 Å². The van der Waals surface area contributed by atoms with Gasteiger partial charge < -0.3 is 9.32 Å². The summed E-state index contributed by atoms with van der Waals surface area (Å²) in [5.74, 6) is 3.74. The lowest BCUT2D eigenvalue weighted by Gasteiger charge is -2.31. The molecule has 1 aromatic heterocycles. The van der Waals surface area contributed by atoms with Gasteiger partial charge in [0.05, 0.1) is 0 Å². The van der Waals surface area contributed by atoms with Gasteiger partial charge in [-0.05, 0) is 37.3 Å². The molecule has 0 aromatic carbocycles. The number of rotatable bonds is 5. The Labute approximate surface area is 127 Å². The quantitative estimate of drug-likeness (QED) is 0.816. The van der Waals surface area contributed by atoms with Crippen molar-refractivity contribution in [1.82, 2.24) is 4.90 Å². The average molecular weight is 289 g/mol. The zero-order valence-electron chi connectivity index (χ0n) is 13.3. The predicted octanol–water partition coefficient (Wildman–Crippen LogP) is 4.13. The van der Waals surface area contributed by atoms with Crippen molar-refractivity contribution in [1.29, 1.82) is 0 Å². The molecular weight excluding hydrogens is 262 g/mol. The van der Waals surface area contributed by atoms with Gasteiger partial charge in [-0.1, -0.05) is 26.2 Å². The highest BCUT2D eigenvalue weighted by atomic mass is 16.3. The minimum absolute atomic E-state index is 0.264. The predicted molar refractivity (Wildman–Crippen MR) is 83.2 cm³/mol. The summed E-state index contributed by atoms with van der Waals surface area (Å²) in [6.45, 7) is 2.26. The molecule has 0 radical (unpaired) electrons. The standard InChI is InChI=1S/C18H27NO2/c1-13-12-16(13)17-10-8-15(21-17)9-11-18(20)19(2)14-6-4-3-5-7-14/h8,10,13-14,16H,3-7,9,11-12H2,1-2H3/t13-,16-/m1/s1. The van der Waals surface area contributed by atoms with Crippen molar-refractivity contribution in [2.24, 2.45) is 5.92 Å². The second-order valence-electron chi connectivity index (χ2n) is 6.92. The molecule has 2 aliphatic carbocycles. The fourth-order valence-corrected chi connectivity index (χ4v) is 3.53. The Kier molecular flexibility index (Phi) is 4.37. The fraction of sp³-hybridized carbons (Fsp3) is 0.722. The molecule has 3 rings (SSSR count). The van der Waals surface area contributed by atoms with Gasteiger partial charge in [0, 0.05) is 31.8 Å². The van der Waals surface area contributed by atoms with E-state index in [0.29, 0.717) is 18.4 Å². The summed E-state index contributed by atoms with van der Waals surface area (Å²) in [5, 5.41) is 0. The normalized spacial score (nSPS) is 25.8. The first kappa shape index (κ1) is 14.7. The van der Waals surface area contributed by atoms with Gasteiger partial charge in [0.25, 0.3) is 0 Å². The van der Waals surface area contributed by atoms with E-state index in [0.717, 1.165) is 23.9 Å². The molecule has 21 heavy (non-hydrogen) atoms. The van der Waals surface area contributed by atoms with Gasteiger partial charge in [-0.15, -0.1) is 0 Å². The maximum Gasteiger partial charge on any atom is 0.223 e. The Bertz CT molecular complexity index is 487. The van der Waals surface area contributed by atoms with E-state index in [1.807, 2.05) is 18.0 Å². The van der Waals surface area contributed by atoms with Gasteiger partial charge in [-0.3, -0.25) is 4.79 Å². The van der Waals surface area contributed by atoms with Crippen LogP contribution in [0, 0.1) is 5.92 Å². The Morgan fingerprint density at radius 2 is 2.00 bits per heavy atom. The topological polar surface area (TPSA) is 33.5 Å². The Morgan fingerprint density at radius 1 is 1.29 bits per heavy atom. The monoisotopic (exact) mass is 289 g/mol. The van der Waals surface area contributed by atoms with Gasteiger partial charge >= 0.3 is 0 Å². The highest BCUT2D eigenvalue weighted by Gasteiger charge is 2.36. The third kappa shape index (κ3) is 3.50. The maximum absolute atomic E-state index is 12.3. The minimum Gasteiger partial charge on any atom is -0.466 e. The molecule has 2 saturated carbocycles. The number of nitrogens with zero attached hydrogens (tertiary/aromatic N) is 1. The molecule has 0 N–H and O–H groups in total. The van der Waals surface area contributed by atoms with E-state index in [1.165, 1.54) is 38.5 Å². The zero-order chi connectivity index (χ0) is 14.8. The molecule has 0 aliphatic heterocycles. The van der Waals surface area contributed by atoms with E-state index in [2.05, 4.69) is 13.0 Å². The number of furan rings is 1. The molecule has 2 aliphatic rings. The Hall–Kier alpha value is -1.25. The van der Waals surface area contributed by atoms with Gasteiger partial charge in [0.2, 0.25) is 5.91 Å². The molecule has 3 heteroatoms. The van der Waals surface area contributed by atoms with Gasteiger partial charge in [0.15, 0.2) is 0 Å². The van der Waals surface area contributed by atoms with Crippen LogP contribution in [0.1, 0.15) is 69.3 Å². The lowest BCUT2D eigenvalue weighted by Crippen LogP contribution is -2.38. The average Bonchev–Trinajstić information content (AvgIpc) is 3.06. The summed E-state index contributed by atoms with van der Waals surface area (Å²) >= 11 is 0. The molecule has 0 saturated heterocycles. The first-order valence-electron chi connectivity index (χ1n) is 8.49. The number of amides is 1. The zero-order valence-corrected chi connectivity index (χ0v) is 13.3. The Morgan fingerprint density at radius 3 is 2.67 bits per heavy atom. The smallest absolute Gasteiger partial charge is 0.223 e. The highest BCUT2D eigenvalue weighted by Crippen LogP contribution is 2.47. The Balaban J connectivity index is 1.47. The van der Waals surface area contributed by atoms with Crippen LogP contribution in [0.15, 0.2) is 16.5 Å². The SMILES string of the molecule is C[C@@H]1C[C@H]1c1ccc(CCC(=O)N(C)C2CCCCC2)o1. The van der Waals surface area contributed by atoms with E-state index in [4.69, 9.17) is 4.42 Å². The van der Waals surface area contributed by atoms with Crippen molar-refractivity contribution < 1.29 is 9.21 Å². The van der Waals surface area contributed by atoms with E-state index in [1.54, 1.807) is 0 Å². The van der Waals surface area contributed by atoms with Crippen LogP contribution in [-0.4, -0.2) is 23.9 Å². The van der Waals surface area contributed by atoms with E-state index in [-0.39, 0.29) is 5.91 Å². The molecule has 0 unspecified atom stereocenters. The molecule has 0 spiro atoms. The third-order valence-corrected chi connectivity index (χ3v) is 5.26. The maximum atomic E-state index is 12.3. The highest BCUT2D eigenvalue weighted by molar-refractivity contribution is 5.76. The second-order valence-corrected chi connectivity index (χ2v) is 6.92. The van der Waals surface area contributed by atoms with Crippen molar-refractivity contribution in [3.05, 3.63) is 23.7 Å². The molecule has 2 fully saturated rings. The molecule has 2 atom stereocenters. The van der Waals surface area contributed by atoms with Crippen LogP contribution < -0.4 is 0 Å². The summed E-state index contributed by atoms with van der Waals surface area (Å²) < 4.78 is 5.88. The van der Waals surface area contributed by atoms with Crippen molar-refractivity contribution in [2.75, 3.05) is 7.05 Å². The van der Waals surface area contributed by atoms with Crippen LogP contribution in [0.3, 0.4) is 0 Å². The molecule has 0 bridgehead atoms. The molecule has 1 aromatic rings. The number of hydrogen-bond acceptors (Lipinski definition) is 2. The lowest BCUT2D eigenvalue weighted by molar-refractivity contribution is -0.132. The number of carbonyl (C=O) groups excluding carboxylic acids is 1. The van der Waals surface area contributed by atoms with Crippen molar-refractivity contribution >= 4 is 5.91 Å². The van der Waals surface area contributed by atoms with E-state index in [9.17, 15) is 4.79 Å². The van der Waals surface area contributed by atoms with Crippen molar-refractivity contribution in [2.45, 2.75) is 70.3 Å². The van der Waals surface area contributed by atoms with E-state index >= 15 is 0 Å². The van der Waals surface area contributed by atoms with Crippen molar-refractivity contribution in [3.63, 3.8) is 0 Å². The summed E-state index contributed by atoms with van der Waals surface area (Å²) in [4.78, 5) is 14.3. The summed E-state index contributed by atoms with van der Waals surface area (Å²) in [7, 11) is 1.97. The van der Waals surface area contributed by atoms with Crippen molar-refractivity contribution in [3.8, 4) is 0 Å². The molecule has 1 amide bonds. The lowest BCUT2D eigenvalue weighted by atomic mass is 9.94. The minimum atomic E-state index is 0.264.